The Balaban J connectivity index is 0.00000191. The van der Waals surface area contributed by atoms with Gasteiger partial charge in [0.25, 0.3) is 0 Å². The number of rotatable bonds is 13. The van der Waals surface area contributed by atoms with Crippen molar-refractivity contribution in [1.29, 1.82) is 0 Å². The molecule has 0 amide bonds. The van der Waals surface area contributed by atoms with Gasteiger partial charge in [0.1, 0.15) is 5.82 Å². The largest absolute Gasteiger partial charge is 0.292 e. The monoisotopic (exact) mass is 903 g/mol. The van der Waals surface area contributed by atoms with Crippen molar-refractivity contribution in [3.05, 3.63) is 252 Å². The SMILES string of the molecule is C=C(c1ccccc1)n1c(C(/C=C\C)=C(C)C)nc(-c2ccc(-c3ccc(/C(N=C(C)c4ccccc4N=C(C)c4ccccc4)=C(/C)c4ccccc4)cc3)cc2)c1-c1ccccc1.CC.CC. The molecule has 0 atom stereocenters. The molecule has 0 aliphatic carbocycles. The number of benzene rings is 7. The van der Waals surface area contributed by atoms with Gasteiger partial charge in [-0.2, -0.15) is 0 Å². The highest BCUT2D eigenvalue weighted by molar-refractivity contribution is 6.09. The van der Waals surface area contributed by atoms with Crippen LogP contribution < -0.4 is 0 Å². The summed E-state index contributed by atoms with van der Waals surface area (Å²) >= 11 is 0. The van der Waals surface area contributed by atoms with E-state index >= 15 is 0 Å². The van der Waals surface area contributed by atoms with Crippen LogP contribution >= 0.6 is 0 Å². The van der Waals surface area contributed by atoms with Crippen molar-refractivity contribution in [3.63, 3.8) is 0 Å². The fourth-order valence-electron chi connectivity index (χ4n) is 8.18. The number of nitrogens with zero attached hydrogens (tertiary/aromatic N) is 4. The Kier molecular flexibility index (Phi) is 18.1. The fourth-order valence-corrected chi connectivity index (χ4v) is 8.18. The van der Waals surface area contributed by atoms with Crippen molar-refractivity contribution in [2.75, 3.05) is 0 Å². The van der Waals surface area contributed by atoms with Crippen LogP contribution in [0.4, 0.5) is 5.69 Å². The highest BCUT2D eigenvalue weighted by atomic mass is 15.1. The van der Waals surface area contributed by atoms with Crippen molar-refractivity contribution in [2.45, 2.75) is 69.2 Å². The van der Waals surface area contributed by atoms with E-state index in [1.54, 1.807) is 0 Å². The summed E-state index contributed by atoms with van der Waals surface area (Å²) < 4.78 is 2.24. The lowest BCUT2D eigenvalue weighted by Gasteiger charge is -2.17. The molecule has 1 heterocycles. The molecular formula is C65H66N4. The summed E-state index contributed by atoms with van der Waals surface area (Å²) in [5.41, 5.74) is 19.3. The third kappa shape index (κ3) is 12.0. The van der Waals surface area contributed by atoms with Crippen molar-refractivity contribution in [2.24, 2.45) is 9.98 Å². The second-order valence-corrected chi connectivity index (χ2v) is 16.3. The fraction of sp³-hybridized carbons (Fsp3) is 0.154. The lowest BCUT2D eigenvalue weighted by Crippen LogP contribution is -2.05. The van der Waals surface area contributed by atoms with E-state index in [1.807, 2.05) is 71.0 Å². The Hall–Kier alpha value is -7.95. The molecule has 0 spiro atoms. The maximum atomic E-state index is 5.47. The van der Waals surface area contributed by atoms with E-state index in [9.17, 15) is 0 Å². The summed E-state index contributed by atoms with van der Waals surface area (Å²) in [6.45, 7) is 25.3. The van der Waals surface area contributed by atoms with E-state index in [0.29, 0.717) is 0 Å². The van der Waals surface area contributed by atoms with Gasteiger partial charge in [-0.15, -0.1) is 0 Å². The molecule has 0 aliphatic rings. The molecule has 0 saturated heterocycles. The maximum absolute atomic E-state index is 5.47. The minimum Gasteiger partial charge on any atom is -0.292 e. The number of aromatic nitrogens is 2. The van der Waals surface area contributed by atoms with Crippen LogP contribution in [-0.4, -0.2) is 21.0 Å². The van der Waals surface area contributed by atoms with Crippen LogP contribution in [0.3, 0.4) is 0 Å². The van der Waals surface area contributed by atoms with Gasteiger partial charge >= 0.3 is 0 Å². The smallest absolute Gasteiger partial charge is 0.145 e. The average molecular weight is 903 g/mol. The van der Waals surface area contributed by atoms with Crippen molar-refractivity contribution in [1.82, 2.24) is 9.55 Å². The summed E-state index contributed by atoms with van der Waals surface area (Å²) in [5, 5.41) is 0. The maximum Gasteiger partial charge on any atom is 0.145 e. The van der Waals surface area contributed by atoms with Crippen molar-refractivity contribution in [3.8, 4) is 33.6 Å². The van der Waals surface area contributed by atoms with Gasteiger partial charge in [-0.3, -0.25) is 14.6 Å². The van der Waals surface area contributed by atoms with Crippen LogP contribution in [0.1, 0.15) is 103 Å². The van der Waals surface area contributed by atoms with Crippen LogP contribution in [0.25, 0.3) is 56.2 Å². The Morgan fingerprint density at radius 1 is 0.493 bits per heavy atom. The lowest BCUT2D eigenvalue weighted by atomic mass is 9.97. The number of aliphatic imine (C=N–C) groups is 2. The molecule has 0 saturated carbocycles. The van der Waals surface area contributed by atoms with E-state index in [4.69, 9.17) is 15.0 Å². The number of para-hydroxylation sites is 1. The summed E-state index contributed by atoms with van der Waals surface area (Å²) in [4.78, 5) is 15.9. The Labute approximate surface area is 412 Å². The Morgan fingerprint density at radius 3 is 1.52 bits per heavy atom. The molecular weight excluding hydrogens is 837 g/mol. The molecule has 346 valence electrons. The Morgan fingerprint density at radius 2 is 0.971 bits per heavy atom. The van der Waals surface area contributed by atoms with E-state index in [2.05, 4.69) is 216 Å². The molecule has 8 aromatic rings. The first-order valence-electron chi connectivity index (χ1n) is 24.2. The van der Waals surface area contributed by atoms with Crippen LogP contribution in [0, 0.1) is 0 Å². The first-order chi connectivity index (χ1) is 33.7. The second-order valence-electron chi connectivity index (χ2n) is 16.3. The molecule has 0 radical (unpaired) electrons. The van der Waals surface area contributed by atoms with Gasteiger partial charge in [0.05, 0.1) is 22.8 Å². The van der Waals surface area contributed by atoms with Crippen LogP contribution in [0.5, 0.6) is 0 Å². The normalized spacial score (nSPS) is 11.7. The molecule has 0 bridgehead atoms. The first kappa shape index (κ1) is 50.5. The van der Waals surface area contributed by atoms with Crippen molar-refractivity contribution < 1.29 is 0 Å². The molecule has 4 heteroatoms. The molecule has 1 aromatic heterocycles. The summed E-state index contributed by atoms with van der Waals surface area (Å²) in [7, 11) is 0. The highest BCUT2D eigenvalue weighted by Crippen LogP contribution is 2.40. The molecule has 0 fully saturated rings. The molecule has 4 nitrogen and oxygen atoms in total. The van der Waals surface area contributed by atoms with E-state index in [0.717, 1.165) is 107 Å². The number of allylic oxidation sites excluding steroid dienone is 5. The van der Waals surface area contributed by atoms with Gasteiger partial charge in [0.15, 0.2) is 0 Å². The van der Waals surface area contributed by atoms with Crippen molar-refractivity contribution >= 4 is 39.7 Å². The van der Waals surface area contributed by atoms with Crippen LogP contribution in [0.2, 0.25) is 0 Å². The summed E-state index contributed by atoms with van der Waals surface area (Å²) in [6, 6.07) is 67.4. The predicted octanol–water partition coefficient (Wildman–Crippen LogP) is 18.4. The summed E-state index contributed by atoms with van der Waals surface area (Å²) in [5.74, 6) is 0.858. The number of hydrogen-bond donors (Lipinski definition) is 0. The molecule has 0 unspecified atom stereocenters. The van der Waals surface area contributed by atoms with Crippen LogP contribution in [-0.2, 0) is 0 Å². The second kappa shape index (κ2) is 24.7. The first-order valence-corrected chi connectivity index (χ1v) is 24.2. The molecule has 8 rings (SSSR count). The predicted molar refractivity (Wildman–Crippen MR) is 301 cm³/mol. The van der Waals surface area contributed by atoms with E-state index < -0.39 is 0 Å². The van der Waals surface area contributed by atoms with Gasteiger partial charge in [-0.05, 0) is 81.0 Å². The van der Waals surface area contributed by atoms with E-state index in [-0.39, 0.29) is 0 Å². The highest BCUT2D eigenvalue weighted by Gasteiger charge is 2.24. The molecule has 7 aromatic carbocycles. The van der Waals surface area contributed by atoms with Crippen LogP contribution in [0.15, 0.2) is 228 Å². The van der Waals surface area contributed by atoms with Gasteiger partial charge < -0.3 is 0 Å². The molecule has 69 heavy (non-hydrogen) atoms. The van der Waals surface area contributed by atoms with Gasteiger partial charge in [0, 0.05) is 44.9 Å². The molecule has 0 N–H and O–H groups in total. The summed E-state index contributed by atoms with van der Waals surface area (Å²) in [6.07, 6.45) is 4.22. The zero-order valence-corrected chi connectivity index (χ0v) is 42.1. The zero-order valence-electron chi connectivity index (χ0n) is 42.1. The van der Waals surface area contributed by atoms with Gasteiger partial charge in [-0.1, -0.05) is 240 Å². The minimum absolute atomic E-state index is 0.858. The molecule has 0 aliphatic heterocycles. The number of imidazole rings is 1. The third-order valence-electron chi connectivity index (χ3n) is 11.7. The average Bonchev–Trinajstić information content (AvgIpc) is 3.81. The lowest BCUT2D eigenvalue weighted by molar-refractivity contribution is 1.06. The van der Waals surface area contributed by atoms with Gasteiger partial charge in [-0.25, -0.2) is 4.98 Å². The third-order valence-corrected chi connectivity index (χ3v) is 11.7. The zero-order chi connectivity index (χ0) is 49.3. The van der Waals surface area contributed by atoms with E-state index in [1.165, 1.54) is 5.57 Å². The minimum atomic E-state index is 0.858. The quantitative estimate of drug-likeness (QED) is 0.0646. The standard InChI is InChI=1S/C61H54N4.2C2H6/c1-8-23-55(42(2)3)61-64-59(60(54-30-19-12-20-31-54)65(61)46(7)49-28-17-11-18-29-49)53-40-36-51(37-41-53)50-34-38-52(39-35-50)58(43(4)47-24-13-9-14-25-47)63-45(6)56-32-21-22-33-57(56)62-44(5)48-26-15-10-16-27-48;2*1-2/h8-41H,7H2,1-6H3;2*1-2H3/b23-8-,58-43+,62-44?,63-45?;;. The Bertz CT molecular complexity index is 3090. The topological polar surface area (TPSA) is 42.5 Å². The number of hydrogen-bond acceptors (Lipinski definition) is 3. The van der Waals surface area contributed by atoms with Gasteiger partial charge in [0.2, 0.25) is 0 Å².